The summed E-state index contributed by atoms with van der Waals surface area (Å²) in [4.78, 5) is 36.2. The van der Waals surface area contributed by atoms with Gasteiger partial charge in [0.1, 0.15) is 16.5 Å². The van der Waals surface area contributed by atoms with Crippen molar-refractivity contribution in [2.24, 2.45) is 0 Å². The van der Waals surface area contributed by atoms with Gasteiger partial charge in [-0.25, -0.2) is 9.37 Å². The molecule has 1 aromatic carbocycles. The molecule has 6 nitrogen and oxygen atoms in total. The number of halogens is 2. The van der Waals surface area contributed by atoms with Crippen LogP contribution in [0.4, 0.5) is 4.39 Å². The summed E-state index contributed by atoms with van der Waals surface area (Å²) in [7, 11) is 3.62. The molecule has 2 N–H and O–H groups in total. The van der Waals surface area contributed by atoms with Crippen molar-refractivity contribution in [2.75, 3.05) is 26.4 Å². The predicted octanol–water partition coefficient (Wildman–Crippen LogP) is 3.92. The van der Waals surface area contributed by atoms with E-state index in [-0.39, 0.29) is 29.8 Å². The Kier molecular flexibility index (Phi) is 7.19. The average Bonchev–Trinajstić information content (AvgIpc) is 3.30. The maximum Gasteiger partial charge on any atom is 0.259 e. The van der Waals surface area contributed by atoms with E-state index in [4.69, 9.17) is 11.6 Å². The Hall–Kier alpha value is -1.94. The molecule has 0 fully saturated rings. The van der Waals surface area contributed by atoms with Crippen LogP contribution in [0.3, 0.4) is 0 Å². The molecule has 32 heavy (non-hydrogen) atoms. The molecule has 1 amide bonds. The molecule has 0 radical (unpaired) electrons. The van der Waals surface area contributed by atoms with E-state index < -0.39 is 5.82 Å². The largest absolute Gasteiger partial charge is 0.353 e. The third kappa shape index (κ3) is 4.85. The number of thiophene rings is 1. The molecule has 1 aliphatic rings. The number of fused-ring (bicyclic) bond motifs is 3. The zero-order chi connectivity index (χ0) is 22.8. The summed E-state index contributed by atoms with van der Waals surface area (Å²) >= 11 is 9.17. The number of benzene rings is 1. The molecule has 2 heterocycles. The number of aryl methyl sites for hydroxylation is 2. The molecule has 4 rings (SSSR count). The predicted molar refractivity (Wildman–Crippen MR) is 129 cm³/mol. The molecule has 0 spiro atoms. The molecule has 1 atom stereocenters. The van der Waals surface area contributed by atoms with Gasteiger partial charge in [-0.2, -0.15) is 0 Å². The molecular formula is C22H24ClFN4O2S2. The molecule has 10 heteroatoms. The number of carbonyl (C=O) groups is 1. The van der Waals surface area contributed by atoms with E-state index in [1.807, 2.05) is 19.0 Å². The van der Waals surface area contributed by atoms with Crippen LogP contribution in [0, 0.1) is 5.82 Å². The van der Waals surface area contributed by atoms with E-state index in [1.54, 1.807) is 23.5 Å². The van der Waals surface area contributed by atoms with E-state index in [0.29, 0.717) is 22.2 Å². The second-order valence-electron chi connectivity index (χ2n) is 7.96. The molecule has 0 bridgehead atoms. The number of nitrogens with one attached hydrogen (secondary N) is 2. The number of aromatic amines is 1. The normalized spacial score (nSPS) is 14.2. The van der Waals surface area contributed by atoms with Crippen LogP contribution in [0.2, 0.25) is 5.02 Å². The Morgan fingerprint density at radius 1 is 1.41 bits per heavy atom. The molecule has 1 unspecified atom stereocenters. The van der Waals surface area contributed by atoms with Gasteiger partial charge < -0.3 is 15.2 Å². The van der Waals surface area contributed by atoms with Crippen molar-refractivity contribution in [3.8, 4) is 0 Å². The molecule has 0 saturated carbocycles. The van der Waals surface area contributed by atoms with Crippen LogP contribution in [-0.4, -0.2) is 47.2 Å². The van der Waals surface area contributed by atoms with E-state index in [9.17, 15) is 14.0 Å². The molecule has 170 valence electrons. The van der Waals surface area contributed by atoms with Gasteiger partial charge in [-0.3, -0.25) is 9.59 Å². The molecule has 1 aliphatic carbocycles. The van der Waals surface area contributed by atoms with Gasteiger partial charge >= 0.3 is 0 Å². The first-order chi connectivity index (χ1) is 15.3. The lowest BCUT2D eigenvalue weighted by atomic mass is 10.1. The summed E-state index contributed by atoms with van der Waals surface area (Å²) in [5.41, 5.74) is 1.43. The number of hydrogen-bond donors (Lipinski definition) is 2. The molecule has 0 saturated heterocycles. The van der Waals surface area contributed by atoms with Crippen molar-refractivity contribution in [1.29, 1.82) is 0 Å². The Morgan fingerprint density at radius 3 is 2.97 bits per heavy atom. The summed E-state index contributed by atoms with van der Waals surface area (Å²) in [5.74, 6) is 0.632. The first-order valence-electron chi connectivity index (χ1n) is 10.3. The molecule has 2 aromatic heterocycles. The highest BCUT2D eigenvalue weighted by Crippen LogP contribution is 2.34. The fourth-order valence-electron chi connectivity index (χ4n) is 3.99. The fraction of sp³-hybridized carbons (Fsp3) is 0.409. The fourth-order valence-corrected chi connectivity index (χ4v) is 6.28. The number of amides is 1. The number of H-pyrrole nitrogens is 1. The summed E-state index contributed by atoms with van der Waals surface area (Å²) in [5, 5.41) is 3.92. The minimum atomic E-state index is -0.398. The number of carbonyl (C=O) groups excluding carboxylic acids is 1. The van der Waals surface area contributed by atoms with Crippen LogP contribution >= 0.6 is 34.7 Å². The van der Waals surface area contributed by atoms with Crippen LogP contribution in [0.5, 0.6) is 0 Å². The van der Waals surface area contributed by atoms with Gasteiger partial charge in [0.25, 0.3) is 5.56 Å². The summed E-state index contributed by atoms with van der Waals surface area (Å²) in [6.45, 7) is 0.231. The van der Waals surface area contributed by atoms with Gasteiger partial charge in [-0.05, 0) is 51.1 Å². The highest BCUT2D eigenvalue weighted by atomic mass is 35.5. The molecule has 3 aromatic rings. The zero-order valence-corrected chi connectivity index (χ0v) is 20.2. The molecule has 0 aliphatic heterocycles. The van der Waals surface area contributed by atoms with E-state index in [0.717, 1.165) is 35.0 Å². The highest BCUT2D eigenvalue weighted by molar-refractivity contribution is 7.99. The van der Waals surface area contributed by atoms with Gasteiger partial charge in [0.15, 0.2) is 0 Å². The monoisotopic (exact) mass is 494 g/mol. The van der Waals surface area contributed by atoms with Gasteiger partial charge in [0.2, 0.25) is 5.91 Å². The standard InChI is InChI=1S/C22H24ClFN4O2S2/c1-28(2)15(20-13(23)6-4-7-14(20)24)9-25-18(29)11-31-10-17-26-21(30)19-12-5-3-8-16(12)32-22(19)27-17/h4,6-7,15H,3,5,8-11H2,1-2H3,(H,25,29)(H,26,27,30). The van der Waals surface area contributed by atoms with Crippen molar-refractivity contribution in [3.05, 3.63) is 61.2 Å². The zero-order valence-electron chi connectivity index (χ0n) is 17.8. The lowest BCUT2D eigenvalue weighted by Crippen LogP contribution is -2.36. The number of nitrogens with zero attached hydrogens (tertiary/aromatic N) is 2. The van der Waals surface area contributed by atoms with E-state index in [2.05, 4.69) is 15.3 Å². The molecular weight excluding hydrogens is 471 g/mol. The number of thioether (sulfide) groups is 1. The topological polar surface area (TPSA) is 78.1 Å². The first kappa shape index (κ1) is 23.2. The van der Waals surface area contributed by atoms with Gasteiger partial charge in [0, 0.05) is 22.0 Å². The minimum absolute atomic E-state index is 0.0926. The van der Waals surface area contributed by atoms with E-state index >= 15 is 0 Å². The van der Waals surface area contributed by atoms with Crippen LogP contribution in [-0.2, 0) is 23.4 Å². The minimum Gasteiger partial charge on any atom is -0.353 e. The summed E-state index contributed by atoms with van der Waals surface area (Å²) < 4.78 is 14.3. The van der Waals surface area contributed by atoms with E-state index in [1.165, 1.54) is 22.7 Å². The number of likely N-dealkylation sites (N-methyl/N-ethyl adjacent to an activating group) is 1. The number of hydrogen-bond acceptors (Lipinski definition) is 6. The Balaban J connectivity index is 1.34. The van der Waals surface area contributed by atoms with Crippen LogP contribution in [0.25, 0.3) is 10.2 Å². The number of rotatable bonds is 8. The summed E-state index contributed by atoms with van der Waals surface area (Å²) in [6, 6.07) is 4.17. The second-order valence-corrected chi connectivity index (χ2v) is 10.4. The first-order valence-corrected chi connectivity index (χ1v) is 12.7. The SMILES string of the molecule is CN(C)C(CNC(=O)CSCc1nc2sc3c(c2c(=O)[nH]1)CCC3)c1c(F)cccc1Cl. The smallest absolute Gasteiger partial charge is 0.259 e. The highest BCUT2D eigenvalue weighted by Gasteiger charge is 2.23. The second kappa shape index (κ2) is 9.91. The van der Waals surface area contributed by atoms with Crippen molar-refractivity contribution in [1.82, 2.24) is 20.2 Å². The van der Waals surface area contributed by atoms with Gasteiger partial charge in [-0.15, -0.1) is 23.1 Å². The van der Waals surface area contributed by atoms with Crippen LogP contribution in [0.1, 0.15) is 34.3 Å². The maximum absolute atomic E-state index is 14.3. The van der Waals surface area contributed by atoms with Gasteiger partial charge in [-0.1, -0.05) is 17.7 Å². The van der Waals surface area contributed by atoms with Gasteiger partial charge in [0.05, 0.1) is 22.9 Å². The number of aromatic nitrogens is 2. The maximum atomic E-state index is 14.3. The quantitative estimate of drug-likeness (QED) is 0.496. The van der Waals surface area contributed by atoms with Crippen molar-refractivity contribution >= 4 is 50.8 Å². The average molecular weight is 495 g/mol. The lowest BCUT2D eigenvalue weighted by molar-refractivity contribution is -0.118. The van der Waals surface area contributed by atoms with Crippen molar-refractivity contribution in [3.63, 3.8) is 0 Å². The van der Waals surface area contributed by atoms with Crippen molar-refractivity contribution < 1.29 is 9.18 Å². The third-order valence-electron chi connectivity index (χ3n) is 5.54. The van der Waals surface area contributed by atoms with Crippen molar-refractivity contribution in [2.45, 2.75) is 31.1 Å². The Labute approximate surface area is 198 Å². The van der Waals surface area contributed by atoms with Crippen LogP contribution in [0.15, 0.2) is 23.0 Å². The lowest BCUT2D eigenvalue weighted by Gasteiger charge is -2.26. The summed E-state index contributed by atoms with van der Waals surface area (Å²) in [6.07, 6.45) is 3.06. The Morgan fingerprint density at radius 2 is 2.22 bits per heavy atom. The third-order valence-corrected chi connectivity index (χ3v) is 8.00. The van der Waals surface area contributed by atoms with Crippen LogP contribution < -0.4 is 10.9 Å². The Bertz CT molecular complexity index is 1190.